The van der Waals surface area contributed by atoms with Gasteiger partial charge < -0.3 is 5.11 Å². The molecule has 0 aliphatic rings. The summed E-state index contributed by atoms with van der Waals surface area (Å²) in [6.07, 6.45) is 0.956. The normalized spacial score (nSPS) is 13.3. The summed E-state index contributed by atoms with van der Waals surface area (Å²) in [4.78, 5) is 1.33. The molecule has 62 valence electrons. The van der Waals surface area contributed by atoms with E-state index < -0.39 is 0 Å². The Balaban J connectivity index is 2.41. The molecule has 3 heteroatoms. The average Bonchev–Trinajstić information content (AvgIpc) is 2.52. The number of rotatable bonds is 4. The van der Waals surface area contributed by atoms with Gasteiger partial charge in [0.05, 0.1) is 0 Å². The Kier molecular flexibility index (Phi) is 3.97. The van der Waals surface area contributed by atoms with Gasteiger partial charge in [0.1, 0.15) is 0 Å². The van der Waals surface area contributed by atoms with E-state index in [4.69, 9.17) is 5.11 Å². The highest BCUT2D eigenvalue weighted by Crippen LogP contribution is 2.14. The first-order valence-corrected chi connectivity index (χ1v) is 5.12. The van der Waals surface area contributed by atoms with Gasteiger partial charge in [-0.05, 0) is 29.5 Å². The largest absolute Gasteiger partial charge is 0.396 e. The van der Waals surface area contributed by atoms with Crippen molar-refractivity contribution in [2.75, 3.05) is 12.4 Å². The van der Waals surface area contributed by atoms with Crippen molar-refractivity contribution in [3.05, 3.63) is 22.4 Å². The van der Waals surface area contributed by atoms with Gasteiger partial charge in [0.15, 0.2) is 0 Å². The third kappa shape index (κ3) is 2.85. The molecular weight excluding hydrogens is 176 g/mol. The van der Waals surface area contributed by atoms with E-state index in [1.54, 1.807) is 11.3 Å². The standard InChI is InChI=1S/C8H12OS2/c9-5-7(6-10)4-8-2-1-3-11-8/h1-3,7,9-10H,4-6H2. The van der Waals surface area contributed by atoms with Crippen LogP contribution < -0.4 is 0 Å². The monoisotopic (exact) mass is 188 g/mol. The minimum atomic E-state index is 0.238. The summed E-state index contributed by atoms with van der Waals surface area (Å²) in [5.41, 5.74) is 0. The zero-order valence-corrected chi connectivity index (χ0v) is 7.94. The predicted molar refractivity (Wildman–Crippen MR) is 52.5 cm³/mol. The number of aliphatic hydroxyl groups excluding tert-OH is 1. The van der Waals surface area contributed by atoms with Crippen molar-refractivity contribution >= 4 is 24.0 Å². The first-order chi connectivity index (χ1) is 5.36. The van der Waals surface area contributed by atoms with E-state index in [1.165, 1.54) is 4.88 Å². The molecule has 1 atom stereocenters. The number of hydrogen-bond acceptors (Lipinski definition) is 3. The molecule has 1 rings (SSSR count). The van der Waals surface area contributed by atoms with Crippen molar-refractivity contribution in [1.29, 1.82) is 0 Å². The molecule has 0 aliphatic heterocycles. The van der Waals surface area contributed by atoms with Crippen LogP contribution in [0.3, 0.4) is 0 Å². The molecule has 0 aliphatic carbocycles. The highest BCUT2D eigenvalue weighted by atomic mass is 32.1. The molecule has 1 heterocycles. The lowest BCUT2D eigenvalue weighted by Crippen LogP contribution is -2.10. The molecule has 1 aromatic heterocycles. The molecule has 0 aromatic carbocycles. The van der Waals surface area contributed by atoms with Gasteiger partial charge in [-0.1, -0.05) is 6.07 Å². The minimum absolute atomic E-state index is 0.238. The van der Waals surface area contributed by atoms with E-state index in [2.05, 4.69) is 24.1 Å². The summed E-state index contributed by atoms with van der Waals surface area (Å²) < 4.78 is 0. The SMILES string of the molecule is OCC(CS)Cc1cccs1. The Morgan fingerprint density at radius 3 is 2.91 bits per heavy atom. The summed E-state index contributed by atoms with van der Waals surface area (Å²) in [6.45, 7) is 0.238. The van der Waals surface area contributed by atoms with E-state index in [0.29, 0.717) is 5.92 Å². The van der Waals surface area contributed by atoms with Crippen molar-refractivity contribution in [2.24, 2.45) is 5.92 Å². The number of thiol groups is 1. The number of thiophene rings is 1. The summed E-state index contributed by atoms with van der Waals surface area (Å²) in [5, 5.41) is 10.9. The first kappa shape index (κ1) is 9.10. The van der Waals surface area contributed by atoms with Gasteiger partial charge in [-0.2, -0.15) is 12.6 Å². The van der Waals surface area contributed by atoms with E-state index in [0.717, 1.165) is 12.2 Å². The molecule has 11 heavy (non-hydrogen) atoms. The third-order valence-corrected chi connectivity index (χ3v) is 3.00. The van der Waals surface area contributed by atoms with Gasteiger partial charge in [-0.3, -0.25) is 0 Å². The number of aliphatic hydroxyl groups is 1. The second-order valence-electron chi connectivity index (χ2n) is 2.51. The highest BCUT2D eigenvalue weighted by Gasteiger charge is 2.06. The van der Waals surface area contributed by atoms with Crippen molar-refractivity contribution < 1.29 is 5.11 Å². The van der Waals surface area contributed by atoms with Crippen LogP contribution in [0.2, 0.25) is 0 Å². The van der Waals surface area contributed by atoms with Crippen molar-refractivity contribution in [2.45, 2.75) is 6.42 Å². The molecule has 0 fully saturated rings. The average molecular weight is 188 g/mol. The maximum Gasteiger partial charge on any atom is 0.0470 e. The van der Waals surface area contributed by atoms with E-state index >= 15 is 0 Å². The van der Waals surface area contributed by atoms with E-state index in [-0.39, 0.29) is 6.61 Å². The fourth-order valence-corrected chi connectivity index (χ4v) is 1.97. The highest BCUT2D eigenvalue weighted by molar-refractivity contribution is 7.80. The van der Waals surface area contributed by atoms with Crippen LogP contribution in [0.1, 0.15) is 4.88 Å². The fourth-order valence-electron chi connectivity index (χ4n) is 0.900. The molecule has 1 nitrogen and oxygen atoms in total. The second kappa shape index (κ2) is 4.80. The molecule has 0 saturated carbocycles. The van der Waals surface area contributed by atoms with Gasteiger partial charge in [0, 0.05) is 11.5 Å². The fraction of sp³-hybridized carbons (Fsp3) is 0.500. The lowest BCUT2D eigenvalue weighted by molar-refractivity contribution is 0.240. The summed E-state index contributed by atoms with van der Waals surface area (Å²) in [7, 11) is 0. The molecular formula is C8H12OS2. The molecule has 1 unspecified atom stereocenters. The molecule has 0 saturated heterocycles. The summed E-state index contributed by atoms with van der Waals surface area (Å²) >= 11 is 5.89. The molecule has 1 aromatic rings. The minimum Gasteiger partial charge on any atom is -0.396 e. The van der Waals surface area contributed by atoms with E-state index in [1.807, 2.05) is 6.07 Å². The van der Waals surface area contributed by atoms with Gasteiger partial charge in [-0.25, -0.2) is 0 Å². The van der Waals surface area contributed by atoms with Crippen LogP contribution in [0.25, 0.3) is 0 Å². The Morgan fingerprint density at radius 2 is 2.45 bits per heavy atom. The zero-order chi connectivity index (χ0) is 8.10. The summed E-state index contributed by atoms with van der Waals surface area (Å²) in [6, 6.07) is 4.13. The van der Waals surface area contributed by atoms with Gasteiger partial charge in [-0.15, -0.1) is 11.3 Å². The smallest absolute Gasteiger partial charge is 0.0470 e. The van der Waals surface area contributed by atoms with Crippen LogP contribution in [0, 0.1) is 5.92 Å². The van der Waals surface area contributed by atoms with Crippen molar-refractivity contribution in [3.8, 4) is 0 Å². The van der Waals surface area contributed by atoms with Crippen molar-refractivity contribution in [1.82, 2.24) is 0 Å². The van der Waals surface area contributed by atoms with Crippen LogP contribution in [0.5, 0.6) is 0 Å². The van der Waals surface area contributed by atoms with Gasteiger partial charge in [0.25, 0.3) is 0 Å². The maximum absolute atomic E-state index is 8.88. The van der Waals surface area contributed by atoms with Crippen LogP contribution >= 0.6 is 24.0 Å². The van der Waals surface area contributed by atoms with Gasteiger partial charge in [0.2, 0.25) is 0 Å². The van der Waals surface area contributed by atoms with Crippen LogP contribution in [0.4, 0.5) is 0 Å². The zero-order valence-electron chi connectivity index (χ0n) is 6.23. The lowest BCUT2D eigenvalue weighted by atomic mass is 10.1. The topological polar surface area (TPSA) is 20.2 Å². The van der Waals surface area contributed by atoms with E-state index in [9.17, 15) is 0 Å². The quantitative estimate of drug-likeness (QED) is 0.691. The molecule has 0 radical (unpaired) electrons. The lowest BCUT2D eigenvalue weighted by Gasteiger charge is -2.07. The number of hydrogen-bond donors (Lipinski definition) is 2. The Labute approximate surface area is 76.5 Å². The van der Waals surface area contributed by atoms with Crippen LogP contribution in [-0.4, -0.2) is 17.5 Å². The third-order valence-electron chi connectivity index (χ3n) is 1.59. The van der Waals surface area contributed by atoms with Crippen LogP contribution in [0.15, 0.2) is 17.5 Å². The maximum atomic E-state index is 8.88. The summed E-state index contributed by atoms with van der Waals surface area (Å²) in [5.74, 6) is 1.07. The molecule has 0 bridgehead atoms. The predicted octanol–water partition coefficient (Wildman–Crippen LogP) is 1.83. The Hall–Kier alpha value is 0.01000. The molecule has 0 amide bonds. The first-order valence-electron chi connectivity index (χ1n) is 3.61. The Morgan fingerprint density at radius 1 is 1.64 bits per heavy atom. The van der Waals surface area contributed by atoms with Crippen molar-refractivity contribution in [3.63, 3.8) is 0 Å². The van der Waals surface area contributed by atoms with Gasteiger partial charge >= 0.3 is 0 Å². The van der Waals surface area contributed by atoms with Crippen LogP contribution in [-0.2, 0) is 6.42 Å². The molecule has 0 spiro atoms. The molecule has 1 N–H and O–H groups in total. The Bertz CT molecular complexity index is 180. The second-order valence-corrected chi connectivity index (χ2v) is 3.91.